The summed E-state index contributed by atoms with van der Waals surface area (Å²) in [4.78, 5) is 11.6. The number of unbranched alkanes of at least 4 members (excludes halogenated alkanes) is 2. The second kappa shape index (κ2) is 7.89. The van der Waals surface area contributed by atoms with E-state index >= 15 is 0 Å². The van der Waals surface area contributed by atoms with E-state index in [2.05, 4.69) is 17.6 Å². The summed E-state index contributed by atoms with van der Waals surface area (Å²) in [7, 11) is 0. The number of hydrogen-bond donors (Lipinski definition) is 3. The van der Waals surface area contributed by atoms with Crippen molar-refractivity contribution < 1.29 is 9.90 Å². The highest BCUT2D eigenvalue weighted by Crippen LogP contribution is 2.26. The van der Waals surface area contributed by atoms with E-state index in [1.54, 1.807) is 11.8 Å². The first-order valence-electron chi connectivity index (χ1n) is 6.90. The van der Waals surface area contributed by atoms with Crippen LogP contribution in [0, 0.1) is 0 Å². The number of amides is 2. The highest BCUT2D eigenvalue weighted by atomic mass is 32.2. The third-order valence-electron chi connectivity index (χ3n) is 3.28. The molecule has 1 heterocycles. The summed E-state index contributed by atoms with van der Waals surface area (Å²) in [6.45, 7) is 4.55. The molecule has 2 atom stereocenters. The van der Waals surface area contributed by atoms with Gasteiger partial charge >= 0.3 is 6.03 Å². The van der Waals surface area contributed by atoms with Gasteiger partial charge in [0.15, 0.2) is 0 Å². The number of nitrogens with one attached hydrogen (secondary N) is 2. The number of thioether (sulfide) groups is 1. The second-order valence-electron chi connectivity index (χ2n) is 5.25. The molecule has 1 rings (SSSR count). The predicted molar refractivity (Wildman–Crippen MR) is 77.0 cm³/mol. The van der Waals surface area contributed by atoms with Crippen molar-refractivity contribution in [2.24, 2.45) is 0 Å². The second-order valence-corrected chi connectivity index (χ2v) is 6.36. The van der Waals surface area contributed by atoms with Gasteiger partial charge in [0, 0.05) is 18.3 Å². The molecule has 3 N–H and O–H groups in total. The average molecular weight is 274 g/mol. The van der Waals surface area contributed by atoms with Gasteiger partial charge in [-0.3, -0.25) is 0 Å². The molecule has 18 heavy (non-hydrogen) atoms. The first kappa shape index (κ1) is 15.6. The Balaban J connectivity index is 2.12. The molecule has 2 amide bonds. The topological polar surface area (TPSA) is 61.4 Å². The maximum Gasteiger partial charge on any atom is 0.315 e. The molecule has 0 aromatic heterocycles. The molecule has 0 bridgehead atoms. The van der Waals surface area contributed by atoms with Crippen LogP contribution in [0.15, 0.2) is 0 Å². The molecule has 4 nitrogen and oxygen atoms in total. The Hall–Kier alpha value is -0.420. The molecular weight excluding hydrogens is 248 g/mol. The van der Waals surface area contributed by atoms with Gasteiger partial charge < -0.3 is 15.7 Å². The molecule has 1 saturated heterocycles. The molecule has 2 unspecified atom stereocenters. The van der Waals surface area contributed by atoms with Crippen LogP contribution >= 0.6 is 11.8 Å². The van der Waals surface area contributed by atoms with E-state index < -0.39 is 5.60 Å². The van der Waals surface area contributed by atoms with E-state index in [0.717, 1.165) is 30.8 Å². The van der Waals surface area contributed by atoms with Crippen molar-refractivity contribution in [2.45, 2.75) is 57.6 Å². The lowest BCUT2D eigenvalue weighted by Crippen LogP contribution is -2.48. The number of carbonyl (C=O) groups excluding carboxylic acids is 1. The van der Waals surface area contributed by atoms with E-state index in [1.807, 2.05) is 6.92 Å². The van der Waals surface area contributed by atoms with Crippen LogP contribution in [-0.4, -0.2) is 40.8 Å². The minimum absolute atomic E-state index is 0.163. The Morgan fingerprint density at radius 1 is 1.50 bits per heavy atom. The van der Waals surface area contributed by atoms with Crippen molar-refractivity contribution in [2.75, 3.05) is 18.1 Å². The van der Waals surface area contributed by atoms with Crippen LogP contribution in [0.2, 0.25) is 0 Å². The van der Waals surface area contributed by atoms with E-state index in [1.165, 1.54) is 12.8 Å². The van der Waals surface area contributed by atoms with Crippen LogP contribution in [0.5, 0.6) is 0 Å². The summed E-state index contributed by atoms with van der Waals surface area (Å²) >= 11 is 1.74. The highest BCUT2D eigenvalue weighted by Gasteiger charge is 2.31. The Kier molecular flexibility index (Phi) is 6.86. The Labute approximate surface area is 114 Å². The van der Waals surface area contributed by atoms with Gasteiger partial charge in [-0.15, -0.1) is 0 Å². The smallest absolute Gasteiger partial charge is 0.315 e. The van der Waals surface area contributed by atoms with Gasteiger partial charge in [-0.2, -0.15) is 11.8 Å². The Bertz CT molecular complexity index is 255. The Morgan fingerprint density at radius 3 is 2.89 bits per heavy atom. The number of hydrogen-bond acceptors (Lipinski definition) is 3. The number of urea groups is 1. The van der Waals surface area contributed by atoms with Gasteiger partial charge in [-0.25, -0.2) is 4.79 Å². The quantitative estimate of drug-likeness (QED) is 0.623. The monoisotopic (exact) mass is 274 g/mol. The van der Waals surface area contributed by atoms with Gasteiger partial charge in [-0.1, -0.05) is 26.2 Å². The minimum Gasteiger partial charge on any atom is -0.387 e. The molecule has 0 spiro atoms. The molecule has 0 aromatic rings. The fourth-order valence-corrected chi connectivity index (χ4v) is 3.32. The summed E-state index contributed by atoms with van der Waals surface area (Å²) in [5.74, 6) is 1.70. The maximum absolute atomic E-state index is 11.6. The first-order valence-corrected chi connectivity index (χ1v) is 8.06. The van der Waals surface area contributed by atoms with Gasteiger partial charge in [0.2, 0.25) is 0 Å². The molecule has 1 aliphatic heterocycles. The maximum atomic E-state index is 11.6. The normalized spacial score (nSPS) is 24.8. The van der Waals surface area contributed by atoms with E-state index in [9.17, 15) is 9.90 Å². The molecule has 5 heteroatoms. The van der Waals surface area contributed by atoms with Gasteiger partial charge in [-0.05, 0) is 25.5 Å². The van der Waals surface area contributed by atoms with Crippen molar-refractivity contribution >= 4 is 17.8 Å². The molecule has 1 aliphatic rings. The standard InChI is InChI=1S/C13H26N2O2S/c1-3-4-5-6-11(2)15-12(16)14-9-13(17)7-8-18-10-13/h11,17H,3-10H2,1-2H3,(H2,14,15,16). The summed E-state index contributed by atoms with van der Waals surface area (Å²) in [5.41, 5.74) is -0.701. The Morgan fingerprint density at radius 2 is 2.28 bits per heavy atom. The van der Waals surface area contributed by atoms with Crippen molar-refractivity contribution in [3.8, 4) is 0 Å². The summed E-state index contributed by atoms with van der Waals surface area (Å²) in [6, 6.07) is 0.0356. The molecule has 0 aliphatic carbocycles. The van der Waals surface area contributed by atoms with Gasteiger partial charge in [0.05, 0.1) is 5.60 Å². The van der Waals surface area contributed by atoms with Crippen LogP contribution in [0.3, 0.4) is 0 Å². The fourth-order valence-electron chi connectivity index (χ4n) is 2.03. The lowest BCUT2D eigenvalue weighted by molar-refractivity contribution is 0.0698. The predicted octanol–water partition coefficient (Wildman–Crippen LogP) is 2.12. The van der Waals surface area contributed by atoms with Gasteiger partial charge in [0.1, 0.15) is 0 Å². The fraction of sp³-hybridized carbons (Fsp3) is 0.923. The van der Waals surface area contributed by atoms with Crippen molar-refractivity contribution in [3.05, 3.63) is 0 Å². The van der Waals surface area contributed by atoms with E-state index in [-0.39, 0.29) is 12.1 Å². The van der Waals surface area contributed by atoms with E-state index in [4.69, 9.17) is 0 Å². The van der Waals surface area contributed by atoms with Crippen LogP contribution < -0.4 is 10.6 Å². The third kappa shape index (κ3) is 5.96. The van der Waals surface area contributed by atoms with Crippen LogP contribution in [0.1, 0.15) is 46.0 Å². The van der Waals surface area contributed by atoms with Crippen molar-refractivity contribution in [1.29, 1.82) is 0 Å². The van der Waals surface area contributed by atoms with E-state index in [0.29, 0.717) is 6.54 Å². The zero-order chi connectivity index (χ0) is 13.4. The van der Waals surface area contributed by atoms with Crippen LogP contribution in [-0.2, 0) is 0 Å². The van der Waals surface area contributed by atoms with Crippen LogP contribution in [0.25, 0.3) is 0 Å². The van der Waals surface area contributed by atoms with Crippen molar-refractivity contribution in [1.82, 2.24) is 10.6 Å². The summed E-state index contributed by atoms with van der Waals surface area (Å²) in [6.07, 6.45) is 5.35. The highest BCUT2D eigenvalue weighted by molar-refractivity contribution is 7.99. The number of aliphatic hydroxyl groups is 1. The average Bonchev–Trinajstić information content (AvgIpc) is 2.75. The lowest BCUT2D eigenvalue weighted by atomic mass is 10.0. The minimum atomic E-state index is -0.701. The first-order chi connectivity index (χ1) is 8.56. The molecule has 1 fully saturated rings. The number of carbonyl (C=O) groups is 1. The molecule has 106 valence electrons. The zero-order valence-corrected chi connectivity index (χ0v) is 12.3. The van der Waals surface area contributed by atoms with Gasteiger partial charge in [0.25, 0.3) is 0 Å². The molecule has 0 saturated carbocycles. The van der Waals surface area contributed by atoms with Crippen molar-refractivity contribution in [3.63, 3.8) is 0 Å². The zero-order valence-electron chi connectivity index (χ0n) is 11.5. The SMILES string of the molecule is CCCCCC(C)NC(=O)NCC1(O)CCSC1. The molecule has 0 radical (unpaired) electrons. The lowest BCUT2D eigenvalue weighted by Gasteiger charge is -2.22. The number of rotatable bonds is 7. The summed E-state index contributed by atoms with van der Waals surface area (Å²) in [5, 5.41) is 15.8. The van der Waals surface area contributed by atoms with Crippen LogP contribution in [0.4, 0.5) is 4.79 Å². The largest absolute Gasteiger partial charge is 0.387 e. The third-order valence-corrected chi connectivity index (χ3v) is 4.51. The molecular formula is C13H26N2O2S. The summed E-state index contributed by atoms with van der Waals surface area (Å²) < 4.78 is 0. The molecule has 0 aromatic carbocycles.